The van der Waals surface area contributed by atoms with Crippen LogP contribution in [0.1, 0.15) is 38.2 Å². The summed E-state index contributed by atoms with van der Waals surface area (Å²) >= 11 is 0. The smallest absolute Gasteiger partial charge is 0.0645 e. The number of hydrogen-bond acceptors (Lipinski definition) is 2. The largest absolute Gasteiger partial charge is 0.393 e. The number of nitrogens with zero attached hydrogens (tertiary/aromatic N) is 2. The number of para-hydroxylation sites is 1. The molecule has 3 heteroatoms. The van der Waals surface area contributed by atoms with Gasteiger partial charge in [0.05, 0.1) is 18.0 Å². The van der Waals surface area contributed by atoms with Gasteiger partial charge in [0.15, 0.2) is 0 Å². The zero-order valence-electron chi connectivity index (χ0n) is 12.7. The molecule has 1 heterocycles. The van der Waals surface area contributed by atoms with E-state index < -0.39 is 0 Å². The summed E-state index contributed by atoms with van der Waals surface area (Å²) in [4.78, 5) is 0. The van der Waals surface area contributed by atoms with E-state index in [1.165, 1.54) is 18.4 Å². The normalized spacial score (nSPS) is 25.9. The third-order valence-electron chi connectivity index (χ3n) is 4.78. The van der Waals surface area contributed by atoms with Gasteiger partial charge in [-0.25, -0.2) is 4.68 Å². The van der Waals surface area contributed by atoms with Crippen molar-refractivity contribution in [2.45, 2.75) is 45.1 Å². The summed E-state index contributed by atoms with van der Waals surface area (Å²) < 4.78 is 1.92. The minimum atomic E-state index is -0.145. The highest BCUT2D eigenvalue weighted by atomic mass is 16.3. The van der Waals surface area contributed by atoms with Crippen LogP contribution < -0.4 is 0 Å². The van der Waals surface area contributed by atoms with Gasteiger partial charge in [-0.1, -0.05) is 31.5 Å². The van der Waals surface area contributed by atoms with Crippen molar-refractivity contribution in [3.63, 3.8) is 0 Å². The maximum Gasteiger partial charge on any atom is 0.0645 e. The van der Waals surface area contributed by atoms with E-state index >= 15 is 0 Å². The van der Waals surface area contributed by atoms with E-state index in [4.69, 9.17) is 0 Å². The van der Waals surface area contributed by atoms with Crippen LogP contribution in [0.5, 0.6) is 0 Å². The molecule has 1 saturated carbocycles. The second-order valence-electron chi connectivity index (χ2n) is 6.25. The van der Waals surface area contributed by atoms with Gasteiger partial charge in [-0.3, -0.25) is 0 Å². The second kappa shape index (κ2) is 6.44. The molecule has 1 aliphatic carbocycles. The Morgan fingerprint density at radius 1 is 1.24 bits per heavy atom. The van der Waals surface area contributed by atoms with E-state index in [1.54, 1.807) is 0 Å². The molecular formula is C18H24N2O. The van der Waals surface area contributed by atoms with E-state index in [9.17, 15) is 5.11 Å². The van der Waals surface area contributed by atoms with Crippen molar-refractivity contribution in [3.8, 4) is 5.69 Å². The van der Waals surface area contributed by atoms with Gasteiger partial charge in [-0.05, 0) is 55.2 Å². The van der Waals surface area contributed by atoms with E-state index in [-0.39, 0.29) is 6.10 Å². The Morgan fingerprint density at radius 3 is 2.81 bits per heavy atom. The molecule has 1 aromatic heterocycles. The molecule has 3 nitrogen and oxygen atoms in total. The van der Waals surface area contributed by atoms with Gasteiger partial charge in [-0.15, -0.1) is 0 Å². The van der Waals surface area contributed by atoms with Crippen molar-refractivity contribution in [2.24, 2.45) is 11.8 Å². The average molecular weight is 284 g/mol. The number of aliphatic hydroxyl groups excluding tert-OH is 1. The molecule has 3 atom stereocenters. The van der Waals surface area contributed by atoms with E-state index in [0.29, 0.717) is 5.92 Å². The van der Waals surface area contributed by atoms with Gasteiger partial charge in [0.1, 0.15) is 0 Å². The molecular weight excluding hydrogens is 260 g/mol. The Bertz CT molecular complexity index is 564. The van der Waals surface area contributed by atoms with Gasteiger partial charge in [0.25, 0.3) is 0 Å². The molecule has 0 spiro atoms. The van der Waals surface area contributed by atoms with Crippen molar-refractivity contribution in [2.75, 3.05) is 0 Å². The van der Waals surface area contributed by atoms with Gasteiger partial charge in [0, 0.05) is 6.20 Å². The highest BCUT2D eigenvalue weighted by Crippen LogP contribution is 2.33. The van der Waals surface area contributed by atoms with Crippen LogP contribution in [0.3, 0.4) is 0 Å². The lowest BCUT2D eigenvalue weighted by atomic mass is 9.76. The van der Waals surface area contributed by atoms with Crippen molar-refractivity contribution >= 4 is 0 Å². The molecule has 0 amide bonds. The third kappa shape index (κ3) is 3.35. The van der Waals surface area contributed by atoms with E-state index in [0.717, 1.165) is 30.9 Å². The summed E-state index contributed by atoms with van der Waals surface area (Å²) in [5, 5.41) is 14.7. The predicted octanol–water partition coefficient (Wildman–Crippen LogP) is 3.60. The Hall–Kier alpha value is -1.61. The highest BCUT2D eigenvalue weighted by Gasteiger charge is 2.28. The SMILES string of the molecule is CCC1CCC(O)C(Cc2cnn(-c3ccccc3)c2)C1. The highest BCUT2D eigenvalue weighted by molar-refractivity contribution is 5.31. The van der Waals surface area contributed by atoms with Gasteiger partial charge in [-0.2, -0.15) is 5.10 Å². The van der Waals surface area contributed by atoms with Crippen molar-refractivity contribution in [1.29, 1.82) is 0 Å². The van der Waals surface area contributed by atoms with Crippen LogP contribution in [-0.2, 0) is 6.42 Å². The van der Waals surface area contributed by atoms with E-state index in [1.807, 2.05) is 29.1 Å². The first-order chi connectivity index (χ1) is 10.3. The zero-order chi connectivity index (χ0) is 14.7. The second-order valence-corrected chi connectivity index (χ2v) is 6.25. The van der Waals surface area contributed by atoms with Gasteiger partial charge >= 0.3 is 0 Å². The van der Waals surface area contributed by atoms with E-state index in [2.05, 4.69) is 30.4 Å². The molecule has 1 aliphatic rings. The van der Waals surface area contributed by atoms with Crippen molar-refractivity contribution in [1.82, 2.24) is 9.78 Å². The molecule has 1 fully saturated rings. The van der Waals surface area contributed by atoms with Crippen LogP contribution in [0.4, 0.5) is 0 Å². The fourth-order valence-electron chi connectivity index (χ4n) is 3.43. The Morgan fingerprint density at radius 2 is 2.05 bits per heavy atom. The Balaban J connectivity index is 1.69. The first-order valence-electron chi connectivity index (χ1n) is 8.03. The fourth-order valence-corrected chi connectivity index (χ4v) is 3.43. The van der Waals surface area contributed by atoms with Crippen LogP contribution in [0.15, 0.2) is 42.7 Å². The maximum absolute atomic E-state index is 10.2. The fraction of sp³-hybridized carbons (Fsp3) is 0.500. The van der Waals surface area contributed by atoms with Crippen LogP contribution in [0.25, 0.3) is 5.69 Å². The summed E-state index contributed by atoms with van der Waals surface area (Å²) in [6, 6.07) is 10.2. The molecule has 2 aromatic rings. The number of rotatable bonds is 4. The van der Waals surface area contributed by atoms with Gasteiger partial charge in [0.2, 0.25) is 0 Å². The average Bonchev–Trinajstić information content (AvgIpc) is 2.99. The third-order valence-corrected chi connectivity index (χ3v) is 4.78. The standard InChI is InChI=1S/C18H24N2O/c1-2-14-8-9-18(21)16(10-14)11-15-12-19-20(13-15)17-6-4-3-5-7-17/h3-7,12-14,16,18,21H,2,8-11H2,1H3. The summed E-state index contributed by atoms with van der Waals surface area (Å²) in [7, 11) is 0. The molecule has 112 valence electrons. The van der Waals surface area contributed by atoms with Crippen LogP contribution >= 0.6 is 0 Å². The minimum Gasteiger partial charge on any atom is -0.393 e. The molecule has 3 rings (SSSR count). The van der Waals surface area contributed by atoms with Crippen molar-refractivity contribution in [3.05, 3.63) is 48.3 Å². The molecule has 0 radical (unpaired) electrons. The number of hydrogen-bond donors (Lipinski definition) is 1. The molecule has 3 unspecified atom stereocenters. The topological polar surface area (TPSA) is 38.1 Å². The number of aliphatic hydroxyl groups is 1. The molecule has 0 aliphatic heterocycles. The number of benzene rings is 1. The molecule has 21 heavy (non-hydrogen) atoms. The van der Waals surface area contributed by atoms with Crippen LogP contribution in [0, 0.1) is 11.8 Å². The minimum absolute atomic E-state index is 0.145. The van der Waals surface area contributed by atoms with Crippen molar-refractivity contribution < 1.29 is 5.11 Å². The number of aromatic nitrogens is 2. The molecule has 0 bridgehead atoms. The summed E-state index contributed by atoms with van der Waals surface area (Å²) in [5.41, 5.74) is 2.30. The molecule has 1 aromatic carbocycles. The first kappa shape index (κ1) is 14.3. The monoisotopic (exact) mass is 284 g/mol. The predicted molar refractivity (Wildman–Crippen MR) is 84.4 cm³/mol. The lowest BCUT2D eigenvalue weighted by Crippen LogP contribution is -2.30. The quantitative estimate of drug-likeness (QED) is 0.931. The molecule has 1 N–H and O–H groups in total. The lowest BCUT2D eigenvalue weighted by molar-refractivity contribution is 0.0475. The lowest BCUT2D eigenvalue weighted by Gasteiger charge is -2.32. The Kier molecular flexibility index (Phi) is 4.39. The summed E-state index contributed by atoms with van der Waals surface area (Å²) in [6.07, 6.45) is 9.33. The first-order valence-corrected chi connectivity index (χ1v) is 8.03. The summed E-state index contributed by atoms with van der Waals surface area (Å²) in [6.45, 7) is 2.26. The summed E-state index contributed by atoms with van der Waals surface area (Å²) in [5.74, 6) is 1.17. The maximum atomic E-state index is 10.2. The molecule has 0 saturated heterocycles. The zero-order valence-corrected chi connectivity index (χ0v) is 12.7. The van der Waals surface area contributed by atoms with Crippen LogP contribution in [0.2, 0.25) is 0 Å². The van der Waals surface area contributed by atoms with Gasteiger partial charge < -0.3 is 5.11 Å². The Labute approximate surface area is 126 Å². The van der Waals surface area contributed by atoms with Crippen LogP contribution in [-0.4, -0.2) is 21.0 Å².